The standard InChI is InChI=1S/C39H66O5/c1-3-5-7-9-11-13-15-17-18-19-20-22-24-26-28-30-32-34-39(42)44-37(35-40)36-43-38(41)33-31-29-27-25-23-21-16-14-12-10-8-6-4-2/h5,7,11,13,17-18,20,22,26,28,37,40H,3-4,6,8-10,12,14-16,19,21,23-25,27,29-36H2,1-2H3. The third-order valence-corrected chi connectivity index (χ3v) is 7.33. The summed E-state index contributed by atoms with van der Waals surface area (Å²) in [6.07, 6.45) is 44.2. The second-order valence-corrected chi connectivity index (χ2v) is 11.6. The average Bonchev–Trinajstić information content (AvgIpc) is 3.02. The Kier molecular flexibility index (Phi) is 33.2. The van der Waals surface area contributed by atoms with Crippen molar-refractivity contribution in [3.63, 3.8) is 0 Å². The van der Waals surface area contributed by atoms with Crippen LogP contribution in [0.25, 0.3) is 0 Å². The molecule has 0 fully saturated rings. The number of rotatable bonds is 31. The van der Waals surface area contributed by atoms with Crippen molar-refractivity contribution in [2.75, 3.05) is 13.2 Å². The van der Waals surface area contributed by atoms with Gasteiger partial charge in [-0.15, -0.1) is 0 Å². The molecule has 0 saturated carbocycles. The zero-order valence-electron chi connectivity index (χ0n) is 28.4. The lowest BCUT2D eigenvalue weighted by Gasteiger charge is -2.15. The van der Waals surface area contributed by atoms with Crippen LogP contribution in [0.5, 0.6) is 0 Å². The summed E-state index contributed by atoms with van der Waals surface area (Å²) in [5.74, 6) is -0.662. The maximum atomic E-state index is 12.1. The number of carbonyl (C=O) groups excluding carboxylic acids is 2. The minimum Gasteiger partial charge on any atom is -0.462 e. The van der Waals surface area contributed by atoms with E-state index in [9.17, 15) is 14.7 Å². The summed E-state index contributed by atoms with van der Waals surface area (Å²) in [7, 11) is 0. The summed E-state index contributed by atoms with van der Waals surface area (Å²) in [6, 6.07) is 0. The van der Waals surface area contributed by atoms with Crippen molar-refractivity contribution in [2.24, 2.45) is 0 Å². The normalized spacial score (nSPS) is 12.9. The smallest absolute Gasteiger partial charge is 0.306 e. The van der Waals surface area contributed by atoms with Crippen LogP contribution in [0.1, 0.15) is 155 Å². The lowest BCUT2D eigenvalue weighted by Crippen LogP contribution is -2.28. The molecule has 0 spiro atoms. The highest BCUT2D eigenvalue weighted by molar-refractivity contribution is 5.70. The van der Waals surface area contributed by atoms with Crippen LogP contribution in [0.15, 0.2) is 60.8 Å². The Morgan fingerprint density at radius 2 is 0.977 bits per heavy atom. The predicted molar refractivity (Wildman–Crippen MR) is 187 cm³/mol. The van der Waals surface area contributed by atoms with Gasteiger partial charge in [0.2, 0.25) is 0 Å². The molecule has 44 heavy (non-hydrogen) atoms. The van der Waals surface area contributed by atoms with Crippen LogP contribution in [-0.4, -0.2) is 36.4 Å². The fourth-order valence-corrected chi connectivity index (χ4v) is 4.65. The van der Waals surface area contributed by atoms with Gasteiger partial charge in [-0.05, 0) is 51.4 Å². The van der Waals surface area contributed by atoms with E-state index in [4.69, 9.17) is 9.47 Å². The molecule has 0 aromatic carbocycles. The van der Waals surface area contributed by atoms with Crippen molar-refractivity contribution < 1.29 is 24.2 Å². The van der Waals surface area contributed by atoms with Crippen LogP contribution in [0.4, 0.5) is 0 Å². The number of carbonyl (C=O) groups is 2. The summed E-state index contributed by atoms with van der Waals surface area (Å²) >= 11 is 0. The molecule has 0 bridgehead atoms. The van der Waals surface area contributed by atoms with E-state index in [0.717, 1.165) is 57.8 Å². The van der Waals surface area contributed by atoms with Crippen LogP contribution >= 0.6 is 0 Å². The Hall–Kier alpha value is -2.40. The molecule has 0 aliphatic carbocycles. The average molecular weight is 615 g/mol. The van der Waals surface area contributed by atoms with Gasteiger partial charge < -0.3 is 14.6 Å². The van der Waals surface area contributed by atoms with Gasteiger partial charge in [0, 0.05) is 12.8 Å². The first kappa shape index (κ1) is 41.6. The number of hydrogen-bond acceptors (Lipinski definition) is 5. The molecule has 0 aliphatic heterocycles. The van der Waals surface area contributed by atoms with Gasteiger partial charge in [-0.3, -0.25) is 9.59 Å². The molecule has 0 aliphatic rings. The predicted octanol–water partition coefficient (Wildman–Crippen LogP) is 10.8. The van der Waals surface area contributed by atoms with Gasteiger partial charge in [0.1, 0.15) is 6.61 Å². The van der Waals surface area contributed by atoms with E-state index >= 15 is 0 Å². The highest BCUT2D eigenvalue weighted by Gasteiger charge is 2.15. The van der Waals surface area contributed by atoms with Crippen LogP contribution < -0.4 is 0 Å². The van der Waals surface area contributed by atoms with Crippen LogP contribution in [0, 0.1) is 0 Å². The zero-order chi connectivity index (χ0) is 32.2. The molecule has 0 amide bonds. The number of ether oxygens (including phenoxy) is 2. The van der Waals surface area contributed by atoms with Gasteiger partial charge in [0.05, 0.1) is 6.61 Å². The fraction of sp³-hybridized carbons (Fsp3) is 0.692. The van der Waals surface area contributed by atoms with Crippen molar-refractivity contribution in [1.29, 1.82) is 0 Å². The monoisotopic (exact) mass is 614 g/mol. The molecule has 5 heteroatoms. The first-order valence-corrected chi connectivity index (χ1v) is 17.8. The number of unbranched alkanes of at least 4 members (excludes halogenated alkanes) is 13. The SMILES string of the molecule is CCC=CCC=CCC=CCC=CCC=CCCCC(=O)OC(CO)COC(=O)CCCCCCCCCCCCCCC. The lowest BCUT2D eigenvalue weighted by atomic mass is 10.0. The number of hydrogen-bond donors (Lipinski definition) is 1. The van der Waals surface area contributed by atoms with Gasteiger partial charge in [-0.1, -0.05) is 152 Å². The number of aliphatic hydroxyl groups excluding tert-OH is 1. The van der Waals surface area contributed by atoms with Crippen molar-refractivity contribution >= 4 is 11.9 Å². The van der Waals surface area contributed by atoms with E-state index in [1.165, 1.54) is 64.2 Å². The van der Waals surface area contributed by atoms with Gasteiger partial charge >= 0.3 is 11.9 Å². The van der Waals surface area contributed by atoms with Crippen molar-refractivity contribution in [2.45, 2.75) is 161 Å². The highest BCUT2D eigenvalue weighted by atomic mass is 16.6. The van der Waals surface area contributed by atoms with E-state index in [-0.39, 0.29) is 31.6 Å². The van der Waals surface area contributed by atoms with Crippen LogP contribution in [-0.2, 0) is 19.1 Å². The molecule has 0 heterocycles. The molecular formula is C39H66O5. The molecule has 0 saturated heterocycles. The van der Waals surface area contributed by atoms with Crippen molar-refractivity contribution in [1.82, 2.24) is 0 Å². The molecule has 0 rings (SSSR count). The molecule has 1 N–H and O–H groups in total. The number of allylic oxidation sites excluding steroid dienone is 10. The molecule has 0 radical (unpaired) electrons. The quantitative estimate of drug-likeness (QED) is 0.0478. The van der Waals surface area contributed by atoms with Crippen molar-refractivity contribution in [3.05, 3.63) is 60.8 Å². The maximum Gasteiger partial charge on any atom is 0.306 e. The molecule has 1 unspecified atom stereocenters. The Morgan fingerprint density at radius 1 is 0.545 bits per heavy atom. The Morgan fingerprint density at radius 3 is 1.45 bits per heavy atom. The molecule has 1 atom stereocenters. The third-order valence-electron chi connectivity index (χ3n) is 7.33. The van der Waals surface area contributed by atoms with E-state index in [0.29, 0.717) is 12.8 Å². The Labute approximate surface area is 271 Å². The second-order valence-electron chi connectivity index (χ2n) is 11.6. The zero-order valence-corrected chi connectivity index (χ0v) is 28.4. The van der Waals surface area contributed by atoms with Gasteiger partial charge in [0.15, 0.2) is 6.10 Å². The first-order chi connectivity index (χ1) is 21.6. The first-order valence-electron chi connectivity index (χ1n) is 17.8. The van der Waals surface area contributed by atoms with E-state index in [1.807, 2.05) is 0 Å². The summed E-state index contributed by atoms with van der Waals surface area (Å²) in [6.45, 7) is 3.96. The number of esters is 2. The summed E-state index contributed by atoms with van der Waals surface area (Å²) in [5, 5.41) is 9.51. The Bertz CT molecular complexity index is 792. The van der Waals surface area contributed by atoms with Gasteiger partial charge in [0.25, 0.3) is 0 Å². The third kappa shape index (κ3) is 32.5. The minimum absolute atomic E-state index is 0.0890. The number of aliphatic hydroxyl groups is 1. The van der Waals surface area contributed by atoms with Crippen LogP contribution in [0.3, 0.4) is 0 Å². The lowest BCUT2D eigenvalue weighted by molar-refractivity contribution is -0.161. The highest BCUT2D eigenvalue weighted by Crippen LogP contribution is 2.13. The fourth-order valence-electron chi connectivity index (χ4n) is 4.65. The second kappa shape index (κ2) is 35.1. The molecule has 0 aromatic heterocycles. The van der Waals surface area contributed by atoms with Crippen LogP contribution in [0.2, 0.25) is 0 Å². The van der Waals surface area contributed by atoms with Crippen molar-refractivity contribution in [3.8, 4) is 0 Å². The van der Waals surface area contributed by atoms with Gasteiger partial charge in [-0.2, -0.15) is 0 Å². The Balaban J connectivity index is 3.70. The summed E-state index contributed by atoms with van der Waals surface area (Å²) in [4.78, 5) is 24.1. The minimum atomic E-state index is -0.799. The largest absolute Gasteiger partial charge is 0.462 e. The van der Waals surface area contributed by atoms with E-state index in [1.54, 1.807) is 0 Å². The summed E-state index contributed by atoms with van der Waals surface area (Å²) in [5.41, 5.74) is 0. The molecular weight excluding hydrogens is 548 g/mol. The van der Waals surface area contributed by atoms with E-state index < -0.39 is 6.10 Å². The maximum absolute atomic E-state index is 12.1. The topological polar surface area (TPSA) is 72.8 Å². The summed E-state index contributed by atoms with van der Waals surface area (Å²) < 4.78 is 10.5. The molecule has 252 valence electrons. The molecule has 5 nitrogen and oxygen atoms in total. The molecule has 0 aromatic rings. The van der Waals surface area contributed by atoms with E-state index in [2.05, 4.69) is 74.6 Å². The van der Waals surface area contributed by atoms with Gasteiger partial charge in [-0.25, -0.2) is 0 Å².